The van der Waals surface area contributed by atoms with Crippen LogP contribution in [-0.2, 0) is 27.2 Å². The highest BCUT2D eigenvalue weighted by molar-refractivity contribution is 5.69. The van der Waals surface area contributed by atoms with Crippen LogP contribution in [0.4, 0.5) is 11.6 Å². The normalized spacial score (nSPS) is 9.77. The zero-order valence-corrected chi connectivity index (χ0v) is 16.1. The standard InChI is InChI=1S/C10H12N2O4.C8H8N2O4/c1-2-16-9(13)6-5-8-4-3-7-11-10(8)12(14)15;11-7(12)4-3-6-2-1-5-9-8(6)10(13)14/h3-4,7H,2,5-6H2,1H3;1-2,5H,3-4H2,(H,11,12). The second-order valence-corrected chi connectivity index (χ2v) is 5.69. The fourth-order valence-corrected chi connectivity index (χ4v) is 2.29. The molecule has 12 heteroatoms. The number of aromatic nitrogens is 2. The number of carboxylic acid groups (broad SMARTS) is 1. The summed E-state index contributed by atoms with van der Waals surface area (Å²) in [5.41, 5.74) is 0.792. The van der Waals surface area contributed by atoms with Crippen LogP contribution in [0.15, 0.2) is 36.7 Å². The van der Waals surface area contributed by atoms with Gasteiger partial charge in [-0.15, -0.1) is 0 Å². The van der Waals surface area contributed by atoms with E-state index in [-0.39, 0.29) is 43.3 Å². The first-order valence-corrected chi connectivity index (χ1v) is 8.80. The number of nitro groups is 2. The van der Waals surface area contributed by atoms with Gasteiger partial charge in [-0.05, 0) is 63.8 Å². The first kappa shape index (κ1) is 24.1. The average molecular weight is 420 g/mol. The van der Waals surface area contributed by atoms with E-state index >= 15 is 0 Å². The molecule has 0 aromatic carbocycles. The quantitative estimate of drug-likeness (QED) is 0.360. The minimum atomic E-state index is -0.983. The summed E-state index contributed by atoms with van der Waals surface area (Å²) in [5, 5.41) is 29.5. The van der Waals surface area contributed by atoms with Crippen molar-refractivity contribution in [2.45, 2.75) is 32.6 Å². The molecule has 0 aliphatic rings. The molecule has 2 rings (SSSR count). The van der Waals surface area contributed by atoms with Gasteiger partial charge in [-0.3, -0.25) is 9.59 Å². The van der Waals surface area contributed by atoms with Gasteiger partial charge in [0.15, 0.2) is 0 Å². The maximum Gasteiger partial charge on any atom is 0.366 e. The van der Waals surface area contributed by atoms with Crippen LogP contribution in [0, 0.1) is 20.2 Å². The lowest BCUT2D eigenvalue weighted by Crippen LogP contribution is -2.06. The Morgan fingerprint density at radius 1 is 0.967 bits per heavy atom. The number of nitrogens with zero attached hydrogens (tertiary/aromatic N) is 4. The van der Waals surface area contributed by atoms with E-state index in [2.05, 4.69) is 9.97 Å². The Bertz CT molecular complexity index is 903. The molecule has 12 nitrogen and oxygen atoms in total. The second-order valence-electron chi connectivity index (χ2n) is 5.69. The van der Waals surface area contributed by atoms with Crippen molar-refractivity contribution in [1.82, 2.24) is 9.97 Å². The zero-order chi connectivity index (χ0) is 22.5. The highest BCUT2D eigenvalue weighted by atomic mass is 16.6. The average Bonchev–Trinajstić information content (AvgIpc) is 2.71. The summed E-state index contributed by atoms with van der Waals surface area (Å²) < 4.78 is 4.73. The van der Waals surface area contributed by atoms with Crippen molar-refractivity contribution in [2.75, 3.05) is 6.61 Å². The highest BCUT2D eigenvalue weighted by Gasteiger charge is 2.15. The fraction of sp³-hybridized carbons (Fsp3) is 0.333. The number of aliphatic carboxylic acids is 1. The van der Waals surface area contributed by atoms with Gasteiger partial charge in [0.1, 0.15) is 12.4 Å². The lowest BCUT2D eigenvalue weighted by atomic mass is 10.1. The number of hydrogen-bond acceptors (Lipinski definition) is 9. The lowest BCUT2D eigenvalue weighted by molar-refractivity contribution is -0.390. The summed E-state index contributed by atoms with van der Waals surface area (Å²) in [5.74, 6) is -1.82. The van der Waals surface area contributed by atoms with Crippen molar-refractivity contribution in [3.8, 4) is 0 Å². The zero-order valence-electron chi connectivity index (χ0n) is 16.1. The molecule has 160 valence electrons. The molecule has 0 aliphatic carbocycles. The van der Waals surface area contributed by atoms with Crippen LogP contribution < -0.4 is 0 Å². The Kier molecular flexibility index (Phi) is 10.0. The van der Waals surface area contributed by atoms with Gasteiger partial charge in [0.2, 0.25) is 0 Å². The summed E-state index contributed by atoms with van der Waals surface area (Å²) in [7, 11) is 0. The van der Waals surface area contributed by atoms with Gasteiger partial charge in [-0.1, -0.05) is 0 Å². The Hall–Kier alpha value is -3.96. The third-order valence-electron chi connectivity index (χ3n) is 3.59. The molecule has 2 heterocycles. The third kappa shape index (κ3) is 8.37. The molecule has 0 bridgehead atoms. The maximum absolute atomic E-state index is 11.1. The number of carboxylic acids is 1. The summed E-state index contributed by atoms with van der Waals surface area (Å²) >= 11 is 0. The molecule has 0 fully saturated rings. The highest BCUT2D eigenvalue weighted by Crippen LogP contribution is 2.16. The van der Waals surface area contributed by atoms with E-state index in [9.17, 15) is 29.8 Å². The Balaban J connectivity index is 0.000000303. The van der Waals surface area contributed by atoms with Gasteiger partial charge in [-0.25, -0.2) is 0 Å². The topological polar surface area (TPSA) is 176 Å². The molecule has 0 saturated carbocycles. The molecule has 0 unspecified atom stereocenters. The van der Waals surface area contributed by atoms with Gasteiger partial charge in [0, 0.05) is 12.8 Å². The van der Waals surface area contributed by atoms with Crippen LogP contribution in [0.5, 0.6) is 0 Å². The SMILES string of the molecule is CCOC(=O)CCc1cccnc1[N+](=O)[O-].O=C(O)CCc1cccnc1[N+](=O)[O-]. The van der Waals surface area contributed by atoms with Crippen molar-refractivity contribution in [3.05, 3.63) is 68.0 Å². The molecular weight excluding hydrogens is 400 g/mol. The number of ether oxygens (including phenoxy) is 1. The molecule has 1 N–H and O–H groups in total. The first-order valence-electron chi connectivity index (χ1n) is 8.80. The number of rotatable bonds is 9. The lowest BCUT2D eigenvalue weighted by Gasteiger charge is -2.02. The number of carbonyl (C=O) groups excluding carboxylic acids is 1. The van der Waals surface area contributed by atoms with E-state index in [0.29, 0.717) is 17.7 Å². The predicted molar refractivity (Wildman–Crippen MR) is 103 cm³/mol. The first-order chi connectivity index (χ1) is 14.3. The van der Waals surface area contributed by atoms with Crippen LogP contribution in [0.2, 0.25) is 0 Å². The van der Waals surface area contributed by atoms with Crippen LogP contribution in [0.1, 0.15) is 30.9 Å². The van der Waals surface area contributed by atoms with Crippen LogP contribution >= 0.6 is 0 Å². The van der Waals surface area contributed by atoms with Crippen molar-refractivity contribution in [2.24, 2.45) is 0 Å². The number of esters is 1. The molecule has 0 atom stereocenters. The molecule has 0 spiro atoms. The van der Waals surface area contributed by atoms with E-state index in [0.717, 1.165) is 0 Å². The Morgan fingerprint density at radius 2 is 1.43 bits per heavy atom. The van der Waals surface area contributed by atoms with Crippen LogP contribution in [-0.4, -0.2) is 43.5 Å². The van der Waals surface area contributed by atoms with Gasteiger partial charge in [0.25, 0.3) is 0 Å². The Morgan fingerprint density at radius 3 is 1.83 bits per heavy atom. The van der Waals surface area contributed by atoms with Gasteiger partial charge in [0.05, 0.1) is 17.7 Å². The largest absolute Gasteiger partial charge is 0.481 e. The molecule has 30 heavy (non-hydrogen) atoms. The summed E-state index contributed by atoms with van der Waals surface area (Å²) in [6.07, 6.45) is 3.05. The number of aryl methyl sites for hydroxylation is 2. The van der Waals surface area contributed by atoms with E-state index in [1.165, 1.54) is 18.5 Å². The van der Waals surface area contributed by atoms with Crippen molar-refractivity contribution < 1.29 is 29.3 Å². The second kappa shape index (κ2) is 12.5. The molecular formula is C18H20N4O8. The summed E-state index contributed by atoms with van der Waals surface area (Å²) in [4.78, 5) is 48.5. The van der Waals surface area contributed by atoms with Crippen molar-refractivity contribution in [1.29, 1.82) is 0 Å². The van der Waals surface area contributed by atoms with Gasteiger partial charge < -0.3 is 30.1 Å². The molecule has 2 aromatic heterocycles. The van der Waals surface area contributed by atoms with Crippen molar-refractivity contribution in [3.63, 3.8) is 0 Å². The predicted octanol–water partition coefficient (Wildman–Crippen LogP) is 2.49. The molecule has 0 saturated heterocycles. The van der Waals surface area contributed by atoms with Gasteiger partial charge in [-0.2, -0.15) is 0 Å². The smallest absolute Gasteiger partial charge is 0.366 e. The van der Waals surface area contributed by atoms with E-state index < -0.39 is 15.8 Å². The van der Waals surface area contributed by atoms with Crippen LogP contribution in [0.25, 0.3) is 0 Å². The maximum atomic E-state index is 11.1. The molecule has 0 radical (unpaired) electrons. The van der Waals surface area contributed by atoms with E-state index in [4.69, 9.17) is 9.84 Å². The summed E-state index contributed by atoms with van der Waals surface area (Å²) in [6.45, 7) is 2.03. The minimum absolute atomic E-state index is 0.124. The monoisotopic (exact) mass is 420 g/mol. The number of pyridine rings is 2. The molecule has 2 aromatic rings. The number of carbonyl (C=O) groups is 2. The Labute approximate surface area is 170 Å². The van der Waals surface area contributed by atoms with Crippen LogP contribution in [0.3, 0.4) is 0 Å². The fourth-order valence-electron chi connectivity index (χ4n) is 2.29. The summed E-state index contributed by atoms with van der Waals surface area (Å²) in [6, 6.07) is 6.25. The minimum Gasteiger partial charge on any atom is -0.481 e. The molecule has 0 aliphatic heterocycles. The van der Waals surface area contributed by atoms with E-state index in [1.807, 2.05) is 0 Å². The third-order valence-corrected chi connectivity index (χ3v) is 3.59. The molecule has 0 amide bonds. The number of hydrogen-bond donors (Lipinski definition) is 1. The van der Waals surface area contributed by atoms with E-state index in [1.54, 1.807) is 25.1 Å². The van der Waals surface area contributed by atoms with Gasteiger partial charge >= 0.3 is 23.6 Å². The van der Waals surface area contributed by atoms with Crippen molar-refractivity contribution >= 4 is 23.6 Å².